The molecule has 0 bridgehead atoms. The predicted octanol–water partition coefficient (Wildman–Crippen LogP) is 3.81. The molecule has 10 heteroatoms. The van der Waals surface area contributed by atoms with Crippen LogP contribution in [0.25, 0.3) is 0 Å². The third kappa shape index (κ3) is 8.96. The lowest BCUT2D eigenvalue weighted by Gasteiger charge is -2.16. The second-order valence-electron chi connectivity index (χ2n) is 7.06. The minimum absolute atomic E-state index is 0.249. The lowest BCUT2D eigenvalue weighted by atomic mass is 10.2. The summed E-state index contributed by atoms with van der Waals surface area (Å²) in [4.78, 5) is 25.0. The Kier molecular flexibility index (Phi) is 11.7. The van der Waals surface area contributed by atoms with Crippen LogP contribution in [0.1, 0.15) is 27.6 Å². The van der Waals surface area contributed by atoms with Gasteiger partial charge in [0.15, 0.2) is 0 Å². The molecule has 8 nitrogen and oxygen atoms in total. The van der Waals surface area contributed by atoms with Gasteiger partial charge in [-0.05, 0) is 75.2 Å². The molecule has 1 atom stereocenters. The number of carbonyl (C=O) groups excluding carboxylic acids is 2. The fourth-order valence-corrected chi connectivity index (χ4v) is 3.68. The Bertz CT molecular complexity index is 941. The number of methoxy groups -OCH3 is 2. The van der Waals surface area contributed by atoms with Crippen molar-refractivity contribution in [3.05, 3.63) is 56.5 Å². The van der Waals surface area contributed by atoms with E-state index in [1.165, 1.54) is 0 Å². The fraction of sp³-hybridized carbons (Fsp3) is 0.391. The number of rotatable bonds is 13. The average Bonchev–Trinajstić information content (AvgIpc) is 2.79. The summed E-state index contributed by atoms with van der Waals surface area (Å²) >= 11 is 6.83. The van der Waals surface area contributed by atoms with Gasteiger partial charge >= 0.3 is 0 Å². The maximum atomic E-state index is 12.5. The third-order valence-corrected chi connectivity index (χ3v) is 5.66. The molecule has 0 saturated carbocycles. The van der Waals surface area contributed by atoms with Crippen LogP contribution < -0.4 is 20.1 Å². The average molecular weight is 588 g/mol. The van der Waals surface area contributed by atoms with Crippen LogP contribution in [0, 0.1) is 0 Å². The van der Waals surface area contributed by atoms with Gasteiger partial charge in [0.1, 0.15) is 24.7 Å². The maximum absolute atomic E-state index is 12.5. The molecule has 0 aromatic heterocycles. The highest BCUT2D eigenvalue weighted by molar-refractivity contribution is 9.10. The van der Waals surface area contributed by atoms with E-state index in [-0.39, 0.29) is 24.4 Å². The SMILES string of the molecule is COCCOc1ccc(C(=O)NCC(C)NC(=O)c2ccc(OCCOC)c(Br)c2)cc1Br. The molecule has 2 rings (SSSR count). The van der Waals surface area contributed by atoms with Gasteiger partial charge in [-0.25, -0.2) is 0 Å². The molecule has 0 heterocycles. The van der Waals surface area contributed by atoms with Crippen molar-refractivity contribution in [2.75, 3.05) is 47.2 Å². The van der Waals surface area contributed by atoms with Crippen LogP contribution in [0.5, 0.6) is 11.5 Å². The summed E-state index contributed by atoms with van der Waals surface area (Å²) in [7, 11) is 3.20. The molecule has 33 heavy (non-hydrogen) atoms. The highest BCUT2D eigenvalue weighted by Crippen LogP contribution is 2.27. The number of nitrogens with one attached hydrogen (secondary N) is 2. The summed E-state index contributed by atoms with van der Waals surface area (Å²) in [5, 5.41) is 5.70. The number of hydrogen-bond acceptors (Lipinski definition) is 6. The quantitative estimate of drug-likeness (QED) is 0.346. The zero-order chi connectivity index (χ0) is 24.2. The van der Waals surface area contributed by atoms with Crippen LogP contribution in [0.2, 0.25) is 0 Å². The molecular weight excluding hydrogens is 560 g/mol. The Labute approximate surface area is 210 Å². The molecule has 2 aromatic carbocycles. The molecule has 0 aliphatic rings. The van der Waals surface area contributed by atoms with Gasteiger partial charge in [-0.2, -0.15) is 0 Å². The van der Waals surface area contributed by atoms with Crippen LogP contribution in [-0.2, 0) is 9.47 Å². The number of amides is 2. The molecule has 0 fully saturated rings. The van der Waals surface area contributed by atoms with Crippen molar-refractivity contribution in [1.82, 2.24) is 10.6 Å². The topological polar surface area (TPSA) is 95.1 Å². The minimum atomic E-state index is -0.280. The number of ether oxygens (including phenoxy) is 4. The lowest BCUT2D eigenvalue weighted by Crippen LogP contribution is -2.41. The van der Waals surface area contributed by atoms with E-state index < -0.39 is 0 Å². The normalized spacial score (nSPS) is 11.5. The van der Waals surface area contributed by atoms with E-state index in [0.29, 0.717) is 58.0 Å². The van der Waals surface area contributed by atoms with E-state index in [9.17, 15) is 9.59 Å². The first-order chi connectivity index (χ1) is 15.8. The highest BCUT2D eigenvalue weighted by atomic mass is 79.9. The Morgan fingerprint density at radius 3 is 1.76 bits per heavy atom. The standard InChI is InChI=1S/C23H28Br2N2O6/c1-15(27-23(29)17-5-7-21(19(25)13-17)33-11-9-31-3)14-26-22(28)16-4-6-20(18(24)12-16)32-10-8-30-2/h4-7,12-13,15H,8-11,14H2,1-3H3,(H,26,28)(H,27,29). The van der Waals surface area contributed by atoms with Gasteiger partial charge in [0.05, 0.1) is 22.2 Å². The Balaban J connectivity index is 1.85. The first kappa shape index (κ1) is 27.1. The summed E-state index contributed by atoms with van der Waals surface area (Å²) in [5.41, 5.74) is 0.958. The van der Waals surface area contributed by atoms with Gasteiger partial charge in [0.2, 0.25) is 0 Å². The second-order valence-corrected chi connectivity index (χ2v) is 8.77. The van der Waals surface area contributed by atoms with E-state index in [4.69, 9.17) is 18.9 Å². The molecule has 180 valence electrons. The van der Waals surface area contributed by atoms with E-state index in [1.54, 1.807) is 50.6 Å². The molecule has 2 aromatic rings. The van der Waals surface area contributed by atoms with Gasteiger partial charge in [-0.15, -0.1) is 0 Å². The number of carbonyl (C=O) groups is 2. The molecule has 0 saturated heterocycles. The third-order valence-electron chi connectivity index (χ3n) is 4.42. The lowest BCUT2D eigenvalue weighted by molar-refractivity contribution is 0.0912. The van der Waals surface area contributed by atoms with Crippen LogP contribution in [0.4, 0.5) is 0 Å². The largest absolute Gasteiger partial charge is 0.490 e. The van der Waals surface area contributed by atoms with Crippen molar-refractivity contribution < 1.29 is 28.5 Å². The van der Waals surface area contributed by atoms with Gasteiger partial charge in [-0.1, -0.05) is 0 Å². The summed E-state index contributed by atoms with van der Waals surface area (Å²) < 4.78 is 22.4. The molecule has 0 radical (unpaired) electrons. The first-order valence-electron chi connectivity index (χ1n) is 10.3. The maximum Gasteiger partial charge on any atom is 0.251 e. The van der Waals surface area contributed by atoms with Crippen molar-refractivity contribution in [3.63, 3.8) is 0 Å². The Morgan fingerprint density at radius 2 is 1.30 bits per heavy atom. The predicted molar refractivity (Wildman–Crippen MR) is 132 cm³/mol. The number of benzene rings is 2. The van der Waals surface area contributed by atoms with Gasteiger partial charge < -0.3 is 29.6 Å². The second kappa shape index (κ2) is 14.2. The highest BCUT2D eigenvalue weighted by Gasteiger charge is 2.14. The minimum Gasteiger partial charge on any atom is -0.490 e. The van der Waals surface area contributed by atoms with E-state index in [0.717, 1.165) is 0 Å². The van der Waals surface area contributed by atoms with Crippen LogP contribution in [0.15, 0.2) is 45.3 Å². The van der Waals surface area contributed by atoms with Gasteiger partial charge in [0, 0.05) is 37.9 Å². The molecule has 1 unspecified atom stereocenters. The molecule has 0 aliphatic carbocycles. The van der Waals surface area contributed by atoms with Crippen molar-refractivity contribution >= 4 is 43.7 Å². The zero-order valence-electron chi connectivity index (χ0n) is 18.8. The Morgan fingerprint density at radius 1 is 0.818 bits per heavy atom. The summed E-state index contributed by atoms with van der Waals surface area (Å²) in [6, 6.07) is 9.91. The fourth-order valence-electron chi connectivity index (χ4n) is 2.69. The summed E-state index contributed by atoms with van der Waals surface area (Å²) in [5.74, 6) is 0.762. The smallest absolute Gasteiger partial charge is 0.251 e. The molecule has 0 aliphatic heterocycles. The summed E-state index contributed by atoms with van der Waals surface area (Å²) in [6.45, 7) is 3.87. The van der Waals surface area contributed by atoms with E-state index in [1.807, 2.05) is 6.92 Å². The van der Waals surface area contributed by atoms with Gasteiger partial charge in [0.25, 0.3) is 11.8 Å². The molecule has 2 amide bonds. The molecule has 0 spiro atoms. The Hall–Kier alpha value is -2.14. The number of hydrogen-bond donors (Lipinski definition) is 2. The first-order valence-corrected chi connectivity index (χ1v) is 11.9. The van der Waals surface area contributed by atoms with E-state index >= 15 is 0 Å². The molecular formula is C23H28Br2N2O6. The van der Waals surface area contributed by atoms with Crippen LogP contribution in [-0.4, -0.2) is 65.0 Å². The van der Waals surface area contributed by atoms with Crippen LogP contribution in [0.3, 0.4) is 0 Å². The zero-order valence-corrected chi connectivity index (χ0v) is 22.0. The molecule has 2 N–H and O–H groups in total. The number of halogens is 2. The van der Waals surface area contributed by atoms with Crippen LogP contribution >= 0.6 is 31.9 Å². The van der Waals surface area contributed by atoms with Crippen molar-refractivity contribution in [2.45, 2.75) is 13.0 Å². The van der Waals surface area contributed by atoms with Crippen molar-refractivity contribution in [3.8, 4) is 11.5 Å². The van der Waals surface area contributed by atoms with E-state index in [2.05, 4.69) is 42.5 Å². The van der Waals surface area contributed by atoms with Gasteiger partial charge in [-0.3, -0.25) is 9.59 Å². The van der Waals surface area contributed by atoms with Crippen molar-refractivity contribution in [1.29, 1.82) is 0 Å². The monoisotopic (exact) mass is 586 g/mol. The summed E-state index contributed by atoms with van der Waals surface area (Å²) in [6.07, 6.45) is 0. The van der Waals surface area contributed by atoms with Crippen molar-refractivity contribution in [2.24, 2.45) is 0 Å².